The Balaban J connectivity index is 3.05. The van der Waals surface area contributed by atoms with Gasteiger partial charge in [-0.1, -0.05) is 15.9 Å². The SMILES string of the molecule is O=C(O)C(Oc1ccc(Br)cc1)C(OS(=O)(=O)O)C(=O)O. The molecule has 2 unspecified atom stereocenters. The van der Waals surface area contributed by atoms with Gasteiger partial charge in [0, 0.05) is 4.47 Å². The predicted octanol–water partition coefficient (Wildman–Crippen LogP) is 0.554. The largest absolute Gasteiger partial charge is 0.479 e. The minimum Gasteiger partial charge on any atom is -0.479 e. The molecule has 0 fully saturated rings. The van der Waals surface area contributed by atoms with E-state index in [1.807, 2.05) is 0 Å². The highest BCUT2D eigenvalue weighted by Crippen LogP contribution is 2.19. The Morgan fingerprint density at radius 2 is 1.52 bits per heavy atom. The summed E-state index contributed by atoms with van der Waals surface area (Å²) in [6, 6.07) is 5.64. The lowest BCUT2D eigenvalue weighted by Gasteiger charge is -2.20. The molecule has 0 saturated carbocycles. The van der Waals surface area contributed by atoms with E-state index in [-0.39, 0.29) is 5.75 Å². The van der Waals surface area contributed by atoms with Gasteiger partial charge in [-0.3, -0.25) is 4.55 Å². The summed E-state index contributed by atoms with van der Waals surface area (Å²) >= 11 is 3.13. The monoisotopic (exact) mass is 384 g/mol. The molecule has 0 saturated heterocycles. The van der Waals surface area contributed by atoms with Crippen molar-refractivity contribution in [2.75, 3.05) is 0 Å². The lowest BCUT2D eigenvalue weighted by atomic mass is 10.2. The van der Waals surface area contributed by atoms with Gasteiger partial charge in [0.25, 0.3) is 0 Å². The molecule has 1 rings (SSSR count). The Hall–Kier alpha value is -1.69. The second-order valence-corrected chi connectivity index (χ2v) is 5.58. The van der Waals surface area contributed by atoms with Gasteiger partial charge in [0.05, 0.1) is 0 Å². The van der Waals surface area contributed by atoms with Crippen LogP contribution < -0.4 is 4.74 Å². The van der Waals surface area contributed by atoms with E-state index in [4.69, 9.17) is 19.5 Å². The van der Waals surface area contributed by atoms with Gasteiger partial charge in [-0.05, 0) is 24.3 Å². The molecule has 0 aliphatic heterocycles. The summed E-state index contributed by atoms with van der Waals surface area (Å²) in [6.45, 7) is 0. The maximum atomic E-state index is 11.0. The molecule has 0 heterocycles. The van der Waals surface area contributed by atoms with E-state index in [9.17, 15) is 18.0 Å². The maximum Gasteiger partial charge on any atom is 0.398 e. The minimum atomic E-state index is -5.18. The van der Waals surface area contributed by atoms with E-state index >= 15 is 0 Å². The van der Waals surface area contributed by atoms with Crippen molar-refractivity contribution in [2.24, 2.45) is 0 Å². The third kappa shape index (κ3) is 5.67. The van der Waals surface area contributed by atoms with E-state index in [0.29, 0.717) is 4.47 Å². The highest BCUT2D eigenvalue weighted by atomic mass is 79.9. The number of hydrogen-bond donors (Lipinski definition) is 3. The number of carbonyl (C=O) groups is 2. The molecule has 0 radical (unpaired) electrons. The summed E-state index contributed by atoms with van der Waals surface area (Å²) in [5.74, 6) is -3.75. The standard InChI is InChI=1S/C10H9BrO9S/c11-5-1-3-6(4-2-5)19-7(9(12)13)8(10(14)15)20-21(16,17)18/h1-4,7-8H,(H,12,13)(H,14,15)(H,16,17,18). The highest BCUT2D eigenvalue weighted by molar-refractivity contribution is 9.10. The number of aliphatic carboxylic acids is 2. The van der Waals surface area contributed by atoms with Gasteiger partial charge in [-0.2, -0.15) is 8.42 Å². The topological polar surface area (TPSA) is 147 Å². The Morgan fingerprint density at radius 1 is 1.05 bits per heavy atom. The van der Waals surface area contributed by atoms with Crippen LogP contribution in [0.1, 0.15) is 0 Å². The van der Waals surface area contributed by atoms with Crippen LogP contribution in [0.2, 0.25) is 0 Å². The van der Waals surface area contributed by atoms with Crippen molar-refractivity contribution in [2.45, 2.75) is 12.2 Å². The molecule has 116 valence electrons. The van der Waals surface area contributed by atoms with Crippen LogP contribution in [0.25, 0.3) is 0 Å². The summed E-state index contributed by atoms with van der Waals surface area (Å²) in [5, 5.41) is 17.8. The smallest absolute Gasteiger partial charge is 0.398 e. The molecule has 0 aliphatic carbocycles. The summed E-state index contributed by atoms with van der Waals surface area (Å²) in [4.78, 5) is 22.0. The zero-order valence-corrected chi connectivity index (χ0v) is 12.4. The molecule has 1 aromatic rings. The molecule has 0 bridgehead atoms. The van der Waals surface area contributed by atoms with Gasteiger partial charge in [-0.25, -0.2) is 13.8 Å². The van der Waals surface area contributed by atoms with Gasteiger partial charge in [0.15, 0.2) is 0 Å². The lowest BCUT2D eigenvalue weighted by Crippen LogP contribution is -2.46. The Kier molecular flexibility index (Phi) is 5.66. The number of carboxylic acid groups (broad SMARTS) is 2. The van der Waals surface area contributed by atoms with Crippen LogP contribution in [0.5, 0.6) is 5.75 Å². The van der Waals surface area contributed by atoms with Crippen LogP contribution in [-0.4, -0.2) is 47.3 Å². The molecule has 2 atom stereocenters. The van der Waals surface area contributed by atoms with Crippen molar-refractivity contribution in [3.63, 3.8) is 0 Å². The first-order valence-electron chi connectivity index (χ1n) is 5.13. The molecule has 21 heavy (non-hydrogen) atoms. The van der Waals surface area contributed by atoms with Gasteiger partial charge in [0.1, 0.15) is 5.75 Å². The van der Waals surface area contributed by atoms with E-state index in [1.165, 1.54) is 24.3 Å². The maximum absolute atomic E-state index is 11.0. The predicted molar refractivity (Wildman–Crippen MR) is 70.3 cm³/mol. The molecule has 9 nitrogen and oxygen atoms in total. The Labute approximate surface area is 127 Å². The zero-order valence-electron chi connectivity index (χ0n) is 10.0. The molecule has 11 heteroatoms. The Bertz CT molecular complexity index is 624. The fraction of sp³-hybridized carbons (Fsp3) is 0.200. The van der Waals surface area contributed by atoms with Crippen LogP contribution in [0, 0.1) is 0 Å². The van der Waals surface area contributed by atoms with Crippen LogP contribution >= 0.6 is 15.9 Å². The van der Waals surface area contributed by atoms with E-state index < -0.39 is 34.5 Å². The summed E-state index contributed by atoms with van der Waals surface area (Å²) in [7, 11) is -5.18. The molecule has 0 spiro atoms. The van der Waals surface area contributed by atoms with Crippen molar-refractivity contribution in [3.8, 4) is 5.75 Å². The molecule has 1 aromatic carbocycles. The van der Waals surface area contributed by atoms with E-state index in [1.54, 1.807) is 0 Å². The molecule has 0 amide bonds. The number of rotatable bonds is 7. The van der Waals surface area contributed by atoms with Crippen LogP contribution in [0.4, 0.5) is 0 Å². The first-order valence-corrected chi connectivity index (χ1v) is 7.29. The first kappa shape index (κ1) is 17.4. The third-order valence-corrected chi connectivity index (χ3v) is 3.04. The van der Waals surface area contributed by atoms with Gasteiger partial charge in [0.2, 0.25) is 12.2 Å². The second-order valence-electron chi connectivity index (χ2n) is 3.61. The van der Waals surface area contributed by atoms with Crippen LogP contribution in [0.3, 0.4) is 0 Å². The van der Waals surface area contributed by atoms with Crippen molar-refractivity contribution in [1.29, 1.82) is 0 Å². The number of carboxylic acids is 2. The first-order chi connectivity index (χ1) is 9.60. The van der Waals surface area contributed by atoms with Gasteiger partial charge in [-0.15, -0.1) is 0 Å². The number of benzene rings is 1. The quantitative estimate of drug-likeness (QED) is 0.573. The van der Waals surface area contributed by atoms with Crippen molar-refractivity contribution < 1.29 is 41.7 Å². The van der Waals surface area contributed by atoms with E-state index in [2.05, 4.69) is 20.1 Å². The average molecular weight is 385 g/mol. The van der Waals surface area contributed by atoms with Crippen LogP contribution in [-0.2, 0) is 24.2 Å². The number of halogens is 1. The Morgan fingerprint density at radius 3 is 1.90 bits per heavy atom. The van der Waals surface area contributed by atoms with Gasteiger partial charge >= 0.3 is 22.3 Å². The second kappa shape index (κ2) is 6.85. The third-order valence-electron chi connectivity index (χ3n) is 2.06. The van der Waals surface area contributed by atoms with E-state index in [0.717, 1.165) is 0 Å². The molecular weight excluding hydrogens is 376 g/mol. The fourth-order valence-corrected chi connectivity index (χ4v) is 1.96. The highest BCUT2D eigenvalue weighted by Gasteiger charge is 2.40. The van der Waals surface area contributed by atoms with Gasteiger partial charge < -0.3 is 14.9 Å². The molecular formula is C10H9BrO9S. The average Bonchev–Trinajstić information content (AvgIpc) is 2.34. The van der Waals surface area contributed by atoms with Crippen molar-refractivity contribution >= 4 is 38.3 Å². The zero-order chi connectivity index (χ0) is 16.2. The molecule has 0 aromatic heterocycles. The normalized spacial score (nSPS) is 14.2. The fourth-order valence-electron chi connectivity index (χ4n) is 1.25. The molecule has 0 aliphatic rings. The lowest BCUT2D eigenvalue weighted by molar-refractivity contribution is -0.161. The van der Waals surface area contributed by atoms with Crippen LogP contribution in [0.15, 0.2) is 28.7 Å². The number of ether oxygens (including phenoxy) is 1. The van der Waals surface area contributed by atoms with Crippen molar-refractivity contribution in [1.82, 2.24) is 0 Å². The van der Waals surface area contributed by atoms with Crippen molar-refractivity contribution in [3.05, 3.63) is 28.7 Å². The minimum absolute atomic E-state index is 0.0317. The number of hydrogen-bond acceptors (Lipinski definition) is 6. The molecule has 3 N–H and O–H groups in total. The summed E-state index contributed by atoms with van der Waals surface area (Å²) < 4.78 is 39.1. The summed E-state index contributed by atoms with van der Waals surface area (Å²) in [5.41, 5.74) is 0. The summed E-state index contributed by atoms with van der Waals surface area (Å²) in [6.07, 6.45) is -4.65.